The average Bonchev–Trinajstić information content (AvgIpc) is 3.24. The van der Waals surface area contributed by atoms with E-state index >= 15 is 0 Å². The molecule has 0 aromatic heterocycles. The molecule has 0 N–H and O–H groups in total. The molecule has 0 saturated heterocycles. The summed E-state index contributed by atoms with van der Waals surface area (Å²) < 4.78 is 16.7. The minimum Gasteiger partial charge on any atom is -0.462 e. The Morgan fingerprint density at radius 2 is 0.733 bits per heavy atom. The van der Waals surface area contributed by atoms with Crippen molar-refractivity contribution in [2.45, 2.75) is 226 Å². The van der Waals surface area contributed by atoms with Gasteiger partial charge in [-0.25, -0.2) is 0 Å². The number of rotatable bonds is 43. The van der Waals surface area contributed by atoms with Gasteiger partial charge in [0.25, 0.3) is 0 Å². The Labute approximate surface area is 369 Å². The van der Waals surface area contributed by atoms with Crippen molar-refractivity contribution in [3.8, 4) is 0 Å². The quantitative estimate of drug-likeness (QED) is 0.0200. The highest BCUT2D eigenvalue weighted by Gasteiger charge is 2.19. The van der Waals surface area contributed by atoms with Crippen LogP contribution in [0.3, 0.4) is 0 Å². The Bertz CT molecular complexity index is 1190. The zero-order valence-corrected chi connectivity index (χ0v) is 38.9. The molecular weight excluding hydrogens is 745 g/mol. The van der Waals surface area contributed by atoms with Crippen LogP contribution >= 0.6 is 0 Å². The molecule has 0 saturated carbocycles. The first-order chi connectivity index (χ1) is 29.5. The molecule has 6 heteroatoms. The molecule has 0 bridgehead atoms. The van der Waals surface area contributed by atoms with Crippen molar-refractivity contribution in [3.63, 3.8) is 0 Å². The lowest BCUT2D eigenvalue weighted by Gasteiger charge is -2.18. The molecule has 60 heavy (non-hydrogen) atoms. The first kappa shape index (κ1) is 56.6. The highest BCUT2D eigenvalue weighted by atomic mass is 16.6. The van der Waals surface area contributed by atoms with E-state index in [1.165, 1.54) is 77.0 Å². The largest absolute Gasteiger partial charge is 0.462 e. The zero-order chi connectivity index (χ0) is 43.7. The topological polar surface area (TPSA) is 78.9 Å². The second kappa shape index (κ2) is 48.3. The van der Waals surface area contributed by atoms with Crippen LogP contribution in [-0.4, -0.2) is 37.2 Å². The third-order valence-corrected chi connectivity index (χ3v) is 10.2. The molecule has 0 rings (SSSR count). The third kappa shape index (κ3) is 45.7. The van der Waals surface area contributed by atoms with E-state index in [0.717, 1.165) is 103 Å². The highest BCUT2D eigenvalue weighted by Crippen LogP contribution is 2.14. The zero-order valence-electron chi connectivity index (χ0n) is 38.9. The number of carbonyl (C=O) groups excluding carboxylic acids is 3. The summed E-state index contributed by atoms with van der Waals surface area (Å²) >= 11 is 0. The van der Waals surface area contributed by atoms with Crippen LogP contribution in [0.5, 0.6) is 0 Å². The van der Waals surface area contributed by atoms with Crippen LogP contribution < -0.4 is 0 Å². The maximum absolute atomic E-state index is 12.8. The number of unbranched alkanes of at least 4 members (excludes halogenated alkanes) is 20. The van der Waals surface area contributed by atoms with Crippen molar-refractivity contribution < 1.29 is 28.6 Å². The smallest absolute Gasteiger partial charge is 0.306 e. The summed E-state index contributed by atoms with van der Waals surface area (Å²) in [5, 5.41) is 0. The molecule has 0 aromatic carbocycles. The van der Waals surface area contributed by atoms with Gasteiger partial charge in [-0.05, 0) is 77.0 Å². The molecule has 0 amide bonds. The SMILES string of the molecule is CC\C=C/C=C\C=C/CCCCCCCCCC(=O)OC(COC(=O)CCCCC/C=C\C/C=C\C/C=C\C/C=C\CC)COC(=O)CCCCCCCCCCCCC. The van der Waals surface area contributed by atoms with Crippen LogP contribution in [0.15, 0.2) is 85.1 Å². The van der Waals surface area contributed by atoms with E-state index in [0.29, 0.717) is 19.3 Å². The van der Waals surface area contributed by atoms with E-state index in [2.05, 4.69) is 106 Å². The molecule has 0 aromatic rings. The molecule has 0 aliphatic heterocycles. The highest BCUT2D eigenvalue weighted by molar-refractivity contribution is 5.71. The lowest BCUT2D eigenvalue weighted by Crippen LogP contribution is -2.30. The molecule has 0 heterocycles. The maximum Gasteiger partial charge on any atom is 0.306 e. The van der Waals surface area contributed by atoms with E-state index in [4.69, 9.17) is 14.2 Å². The molecule has 342 valence electrons. The molecule has 1 unspecified atom stereocenters. The number of allylic oxidation sites excluding steroid dienone is 14. The normalized spacial score (nSPS) is 12.8. The summed E-state index contributed by atoms with van der Waals surface area (Å²) in [5.74, 6) is -0.939. The van der Waals surface area contributed by atoms with Gasteiger partial charge < -0.3 is 14.2 Å². The van der Waals surface area contributed by atoms with Gasteiger partial charge in [-0.3, -0.25) is 14.4 Å². The molecule has 0 spiro atoms. The first-order valence-electron chi connectivity index (χ1n) is 24.6. The summed E-state index contributed by atoms with van der Waals surface area (Å²) in [4.78, 5) is 37.9. The molecule has 0 fully saturated rings. The molecule has 1 atom stereocenters. The van der Waals surface area contributed by atoms with Crippen molar-refractivity contribution >= 4 is 17.9 Å². The minimum absolute atomic E-state index is 0.0911. The Morgan fingerprint density at radius 3 is 1.22 bits per heavy atom. The van der Waals surface area contributed by atoms with Crippen LogP contribution in [0.2, 0.25) is 0 Å². The summed E-state index contributed by atoms with van der Waals surface area (Å²) in [6, 6.07) is 0. The molecule has 0 aliphatic rings. The van der Waals surface area contributed by atoms with Crippen molar-refractivity contribution in [1.29, 1.82) is 0 Å². The van der Waals surface area contributed by atoms with Gasteiger partial charge in [-0.1, -0.05) is 209 Å². The second-order valence-corrected chi connectivity index (χ2v) is 16.0. The number of carbonyl (C=O) groups is 3. The van der Waals surface area contributed by atoms with E-state index in [9.17, 15) is 14.4 Å². The lowest BCUT2D eigenvalue weighted by molar-refractivity contribution is -0.167. The molecule has 0 aliphatic carbocycles. The van der Waals surface area contributed by atoms with Crippen LogP contribution in [0, 0.1) is 0 Å². The number of hydrogen-bond acceptors (Lipinski definition) is 6. The Kier molecular flexibility index (Phi) is 45.5. The first-order valence-corrected chi connectivity index (χ1v) is 24.6. The fraction of sp³-hybridized carbons (Fsp3) is 0.685. The summed E-state index contributed by atoms with van der Waals surface area (Å²) in [7, 11) is 0. The van der Waals surface area contributed by atoms with Gasteiger partial charge in [0, 0.05) is 19.3 Å². The number of esters is 3. The standard InChI is InChI=1S/C54H90O6/c1-4-7-10-13-16-19-22-24-26-28-29-32-35-38-41-44-47-53(56)59-50-51(49-58-52(55)46-43-40-37-34-31-21-18-15-12-9-6-3)60-54(57)48-45-42-39-36-33-30-27-25-23-20-17-14-11-8-5-2/h7-8,10-11,14,16-17,19-20,23-24,26,29,32,51H,4-6,9,12-13,15,18,21-22,25,27-28,30-31,33-50H2,1-3H3/b10-7-,11-8-,17-14-,19-16-,23-20-,26-24-,32-29-. The number of ether oxygens (including phenoxy) is 3. The van der Waals surface area contributed by atoms with Gasteiger partial charge in [-0.15, -0.1) is 0 Å². The van der Waals surface area contributed by atoms with Crippen molar-refractivity contribution in [2.24, 2.45) is 0 Å². The van der Waals surface area contributed by atoms with Crippen molar-refractivity contribution in [3.05, 3.63) is 85.1 Å². The van der Waals surface area contributed by atoms with Crippen LogP contribution in [0.25, 0.3) is 0 Å². The molecule has 0 radical (unpaired) electrons. The van der Waals surface area contributed by atoms with Gasteiger partial charge in [0.15, 0.2) is 6.10 Å². The predicted octanol–water partition coefficient (Wildman–Crippen LogP) is 16.0. The maximum atomic E-state index is 12.8. The van der Waals surface area contributed by atoms with Gasteiger partial charge in [0.05, 0.1) is 0 Å². The van der Waals surface area contributed by atoms with Gasteiger partial charge in [0.1, 0.15) is 13.2 Å². The Balaban J connectivity index is 4.45. The Hall–Kier alpha value is -3.41. The van der Waals surface area contributed by atoms with Crippen LogP contribution in [0.1, 0.15) is 220 Å². The van der Waals surface area contributed by atoms with Crippen LogP contribution in [0.4, 0.5) is 0 Å². The third-order valence-electron chi connectivity index (χ3n) is 10.2. The lowest BCUT2D eigenvalue weighted by atomic mass is 10.1. The average molecular weight is 835 g/mol. The monoisotopic (exact) mass is 835 g/mol. The van der Waals surface area contributed by atoms with E-state index < -0.39 is 6.10 Å². The Morgan fingerprint density at radius 1 is 0.367 bits per heavy atom. The van der Waals surface area contributed by atoms with Crippen LogP contribution in [-0.2, 0) is 28.6 Å². The fourth-order valence-corrected chi connectivity index (χ4v) is 6.55. The number of hydrogen-bond donors (Lipinski definition) is 0. The summed E-state index contributed by atoms with van der Waals surface area (Å²) in [6.45, 7) is 6.34. The predicted molar refractivity (Wildman–Crippen MR) is 256 cm³/mol. The molecular formula is C54H90O6. The summed E-state index contributed by atoms with van der Waals surface area (Å²) in [5.41, 5.74) is 0. The fourth-order valence-electron chi connectivity index (χ4n) is 6.55. The van der Waals surface area contributed by atoms with E-state index in [1.807, 2.05) is 0 Å². The van der Waals surface area contributed by atoms with Crippen molar-refractivity contribution in [1.82, 2.24) is 0 Å². The summed E-state index contributed by atoms with van der Waals surface area (Å²) in [6.07, 6.45) is 61.3. The van der Waals surface area contributed by atoms with Gasteiger partial charge in [0.2, 0.25) is 0 Å². The van der Waals surface area contributed by atoms with E-state index in [-0.39, 0.29) is 31.1 Å². The van der Waals surface area contributed by atoms with E-state index in [1.54, 1.807) is 0 Å². The minimum atomic E-state index is -0.793. The van der Waals surface area contributed by atoms with Crippen molar-refractivity contribution in [2.75, 3.05) is 13.2 Å². The molecule has 6 nitrogen and oxygen atoms in total. The second-order valence-electron chi connectivity index (χ2n) is 16.0. The van der Waals surface area contributed by atoms with Gasteiger partial charge >= 0.3 is 17.9 Å². The van der Waals surface area contributed by atoms with Gasteiger partial charge in [-0.2, -0.15) is 0 Å².